The Hall–Kier alpha value is -3.89. The fourth-order valence-corrected chi connectivity index (χ4v) is 4.75. The number of amides is 2. The van der Waals surface area contributed by atoms with Crippen LogP contribution in [0.25, 0.3) is 10.9 Å². The van der Waals surface area contributed by atoms with Gasteiger partial charge in [-0.3, -0.25) is 10.1 Å². The minimum Gasteiger partial charge on any atom is -0.444 e. The largest absolute Gasteiger partial charge is 0.444 e. The minimum absolute atomic E-state index is 0.0476. The molecule has 0 saturated heterocycles. The van der Waals surface area contributed by atoms with Crippen LogP contribution in [0.3, 0.4) is 0 Å². The van der Waals surface area contributed by atoms with Crippen LogP contribution >= 0.6 is 0 Å². The highest BCUT2D eigenvalue weighted by Crippen LogP contribution is 2.39. The molecule has 0 bridgehead atoms. The molecular formula is C28H32F3N5O3. The fraction of sp³-hybridized carbons (Fsp3) is 0.429. The van der Waals surface area contributed by atoms with Gasteiger partial charge in [0.1, 0.15) is 17.2 Å². The zero-order valence-corrected chi connectivity index (χ0v) is 22.8. The number of nitrogens with zero attached hydrogens (tertiary/aromatic N) is 2. The van der Waals surface area contributed by atoms with Crippen LogP contribution < -0.4 is 16.0 Å². The maximum atomic E-state index is 13.6. The molecule has 0 unspecified atom stereocenters. The van der Waals surface area contributed by atoms with Crippen molar-refractivity contribution >= 4 is 40.1 Å². The first kappa shape index (κ1) is 28.1. The van der Waals surface area contributed by atoms with Crippen molar-refractivity contribution in [3.63, 3.8) is 0 Å². The Morgan fingerprint density at radius 2 is 1.69 bits per heavy atom. The van der Waals surface area contributed by atoms with Crippen molar-refractivity contribution in [2.45, 2.75) is 78.6 Å². The Kier molecular flexibility index (Phi) is 7.46. The van der Waals surface area contributed by atoms with Gasteiger partial charge in [-0.15, -0.1) is 0 Å². The second-order valence-electron chi connectivity index (χ2n) is 10.8. The summed E-state index contributed by atoms with van der Waals surface area (Å²) in [6.07, 6.45) is -2.73. The number of hydrogen-bond donors (Lipinski definition) is 3. The lowest BCUT2D eigenvalue weighted by Gasteiger charge is -2.22. The number of carbonyl (C=O) groups excluding carboxylic acids is 2. The number of nitrogens with one attached hydrogen (secondary N) is 3. The SMILES string of the molecule is CC(=O)Nc1cc([C@@H](C)Nc2nc(C)nc3c4c(c(NC(=O)OC(C)(C)C)cc23)CCC4)cc(C(F)(F)F)c1. The van der Waals surface area contributed by atoms with E-state index in [9.17, 15) is 22.8 Å². The highest BCUT2D eigenvalue weighted by molar-refractivity contribution is 5.99. The van der Waals surface area contributed by atoms with Gasteiger partial charge in [0.2, 0.25) is 5.91 Å². The van der Waals surface area contributed by atoms with Gasteiger partial charge in [-0.2, -0.15) is 13.2 Å². The Bertz CT molecular complexity index is 1450. The number of ether oxygens (including phenoxy) is 1. The lowest BCUT2D eigenvalue weighted by atomic mass is 10.0. The molecule has 1 aliphatic rings. The quantitative estimate of drug-likeness (QED) is 0.323. The van der Waals surface area contributed by atoms with Gasteiger partial charge in [-0.25, -0.2) is 14.8 Å². The highest BCUT2D eigenvalue weighted by atomic mass is 19.4. The molecule has 2 amide bonds. The molecule has 1 atom stereocenters. The van der Waals surface area contributed by atoms with Crippen molar-refractivity contribution < 1.29 is 27.5 Å². The maximum absolute atomic E-state index is 13.6. The molecule has 0 fully saturated rings. The minimum atomic E-state index is -4.59. The summed E-state index contributed by atoms with van der Waals surface area (Å²) < 4.78 is 46.3. The average molecular weight is 544 g/mol. The smallest absolute Gasteiger partial charge is 0.416 e. The van der Waals surface area contributed by atoms with Crippen molar-refractivity contribution in [3.8, 4) is 0 Å². The first-order valence-corrected chi connectivity index (χ1v) is 12.7. The molecule has 0 aliphatic heterocycles. The van der Waals surface area contributed by atoms with Gasteiger partial charge in [0.15, 0.2) is 0 Å². The van der Waals surface area contributed by atoms with Crippen LogP contribution in [0.4, 0.5) is 35.2 Å². The molecule has 8 nitrogen and oxygen atoms in total. The number of fused-ring (bicyclic) bond motifs is 3. The summed E-state index contributed by atoms with van der Waals surface area (Å²) in [6, 6.07) is 4.62. The molecule has 1 aliphatic carbocycles. The van der Waals surface area contributed by atoms with E-state index >= 15 is 0 Å². The molecule has 3 aromatic rings. The Morgan fingerprint density at radius 1 is 1.00 bits per heavy atom. The van der Waals surface area contributed by atoms with E-state index in [-0.39, 0.29) is 5.69 Å². The van der Waals surface area contributed by atoms with Gasteiger partial charge in [0.05, 0.1) is 17.1 Å². The summed E-state index contributed by atoms with van der Waals surface area (Å²) in [5.41, 5.74) is 2.14. The third-order valence-corrected chi connectivity index (χ3v) is 6.27. The van der Waals surface area contributed by atoms with Gasteiger partial charge >= 0.3 is 12.3 Å². The number of alkyl halides is 3. The van der Waals surface area contributed by atoms with Crippen LogP contribution in [-0.4, -0.2) is 27.6 Å². The first-order chi connectivity index (χ1) is 18.1. The van der Waals surface area contributed by atoms with Crippen LogP contribution in [0.2, 0.25) is 0 Å². The second kappa shape index (κ2) is 10.3. The summed E-state index contributed by atoms with van der Waals surface area (Å²) >= 11 is 0. The third-order valence-electron chi connectivity index (χ3n) is 6.27. The van der Waals surface area contributed by atoms with E-state index in [1.807, 2.05) is 0 Å². The normalized spacial score (nSPS) is 14.1. The van der Waals surface area contributed by atoms with Gasteiger partial charge in [0.25, 0.3) is 0 Å². The second-order valence-corrected chi connectivity index (χ2v) is 10.8. The van der Waals surface area contributed by atoms with E-state index in [0.29, 0.717) is 28.3 Å². The Labute approximate surface area is 224 Å². The predicted molar refractivity (Wildman–Crippen MR) is 144 cm³/mol. The molecule has 0 radical (unpaired) electrons. The number of anilines is 3. The van der Waals surface area contributed by atoms with Crippen molar-refractivity contribution in [1.29, 1.82) is 0 Å². The van der Waals surface area contributed by atoms with Crippen LogP contribution in [-0.2, 0) is 28.5 Å². The summed E-state index contributed by atoms with van der Waals surface area (Å²) in [7, 11) is 0. The standard InChI is InChI=1S/C28H32F3N5O3/c1-14(17-10-18(28(29,30)31)12-19(11-17)35-16(3)37)32-25-22-13-23(36-26(38)39-27(4,5)6)20-8-7-9-21(20)24(22)33-15(2)34-25/h10-14H,7-9H2,1-6H3,(H,35,37)(H,36,38)(H,32,33,34)/t14-/m1/s1. The highest BCUT2D eigenvalue weighted by Gasteiger charge is 2.32. The number of halogens is 3. The summed E-state index contributed by atoms with van der Waals surface area (Å²) in [6.45, 7) is 10.0. The number of rotatable bonds is 5. The van der Waals surface area contributed by atoms with Gasteiger partial charge in [-0.05, 0) is 94.8 Å². The van der Waals surface area contributed by atoms with E-state index in [2.05, 4.69) is 25.9 Å². The molecule has 3 N–H and O–H groups in total. The molecule has 39 heavy (non-hydrogen) atoms. The zero-order valence-electron chi connectivity index (χ0n) is 22.8. The number of carbonyl (C=O) groups is 2. The number of aromatic nitrogens is 2. The summed E-state index contributed by atoms with van der Waals surface area (Å²) in [5.74, 6) is 0.449. The zero-order chi connectivity index (χ0) is 28.7. The van der Waals surface area contributed by atoms with Crippen LogP contribution in [0, 0.1) is 6.92 Å². The predicted octanol–water partition coefficient (Wildman–Crippen LogP) is 6.92. The van der Waals surface area contributed by atoms with E-state index in [4.69, 9.17) is 4.74 Å². The molecular weight excluding hydrogens is 511 g/mol. The lowest BCUT2D eigenvalue weighted by molar-refractivity contribution is -0.137. The molecule has 0 saturated carbocycles. The van der Waals surface area contributed by atoms with Crippen molar-refractivity contribution in [1.82, 2.24) is 9.97 Å². The van der Waals surface area contributed by atoms with Crippen molar-refractivity contribution in [2.75, 3.05) is 16.0 Å². The summed E-state index contributed by atoms with van der Waals surface area (Å²) in [4.78, 5) is 33.4. The molecule has 11 heteroatoms. The maximum Gasteiger partial charge on any atom is 0.416 e. The number of benzene rings is 2. The molecule has 1 heterocycles. The van der Waals surface area contributed by atoms with Crippen LogP contribution in [0.15, 0.2) is 24.3 Å². The Balaban J connectivity index is 1.76. The summed E-state index contributed by atoms with van der Waals surface area (Å²) in [5, 5.41) is 9.17. The van der Waals surface area contributed by atoms with Crippen LogP contribution in [0.5, 0.6) is 0 Å². The topological polar surface area (TPSA) is 105 Å². The molecule has 1 aromatic heterocycles. The number of aryl methyl sites for hydroxylation is 2. The lowest BCUT2D eigenvalue weighted by Crippen LogP contribution is -2.27. The van der Waals surface area contributed by atoms with Gasteiger partial charge in [-0.1, -0.05) is 0 Å². The molecule has 208 valence electrons. The third kappa shape index (κ3) is 6.58. The van der Waals surface area contributed by atoms with E-state index in [1.165, 1.54) is 13.0 Å². The van der Waals surface area contributed by atoms with E-state index in [0.717, 1.165) is 48.0 Å². The van der Waals surface area contributed by atoms with Gasteiger partial charge < -0.3 is 15.4 Å². The number of hydrogen-bond acceptors (Lipinski definition) is 6. The monoisotopic (exact) mass is 543 g/mol. The van der Waals surface area contributed by atoms with Crippen LogP contribution in [0.1, 0.15) is 75.2 Å². The fourth-order valence-electron chi connectivity index (χ4n) is 4.75. The molecule has 0 spiro atoms. The molecule has 2 aromatic carbocycles. The van der Waals surface area contributed by atoms with Crippen molar-refractivity contribution in [3.05, 3.63) is 52.3 Å². The average Bonchev–Trinajstić information content (AvgIpc) is 3.28. The first-order valence-electron chi connectivity index (χ1n) is 12.7. The Morgan fingerprint density at radius 3 is 2.33 bits per heavy atom. The van der Waals surface area contributed by atoms with Crippen molar-refractivity contribution in [2.24, 2.45) is 0 Å². The van der Waals surface area contributed by atoms with Gasteiger partial charge in [0, 0.05) is 23.7 Å². The van der Waals surface area contributed by atoms with E-state index in [1.54, 1.807) is 40.7 Å². The van der Waals surface area contributed by atoms with E-state index < -0.39 is 35.4 Å². The molecule has 4 rings (SSSR count).